The Kier molecular flexibility index (Phi) is 3.24. The monoisotopic (exact) mass is 208 g/mol. The largest absolute Gasteiger partial charge is 0.490 e. The van der Waals surface area contributed by atoms with Crippen molar-refractivity contribution in [1.82, 2.24) is 0 Å². The van der Waals surface area contributed by atoms with Gasteiger partial charge < -0.3 is 4.74 Å². The summed E-state index contributed by atoms with van der Waals surface area (Å²) in [5.41, 5.74) is 1.12. The van der Waals surface area contributed by atoms with E-state index in [1.54, 1.807) is 0 Å². The van der Waals surface area contributed by atoms with E-state index >= 15 is 0 Å². The van der Waals surface area contributed by atoms with Crippen molar-refractivity contribution in [2.45, 2.75) is 32.6 Å². The Balaban J connectivity index is 1.92. The number of rotatable bonds is 5. The number of benzene rings is 1. The van der Waals surface area contributed by atoms with Crippen molar-refractivity contribution in [3.63, 3.8) is 0 Å². The van der Waals surface area contributed by atoms with Gasteiger partial charge in [0.2, 0.25) is 0 Å². The summed E-state index contributed by atoms with van der Waals surface area (Å²) in [7, 11) is 0. The van der Waals surface area contributed by atoms with Crippen LogP contribution >= 0.6 is 0 Å². The second kappa shape index (κ2) is 4.65. The lowest BCUT2D eigenvalue weighted by molar-refractivity contribution is 0.288. The summed E-state index contributed by atoms with van der Waals surface area (Å²) in [6.07, 6.45) is 4.62. The van der Waals surface area contributed by atoms with Gasteiger partial charge in [0.15, 0.2) is 11.6 Å². The first-order chi connectivity index (χ1) is 7.29. The van der Waals surface area contributed by atoms with E-state index in [2.05, 4.69) is 6.92 Å². The molecular weight excluding hydrogens is 191 g/mol. The molecule has 0 heterocycles. The fourth-order valence-electron chi connectivity index (χ4n) is 1.62. The molecule has 2 heteroatoms. The highest BCUT2D eigenvalue weighted by atomic mass is 19.1. The van der Waals surface area contributed by atoms with Crippen LogP contribution in [0.1, 0.15) is 31.7 Å². The second-order valence-electron chi connectivity index (χ2n) is 4.20. The zero-order valence-corrected chi connectivity index (χ0v) is 9.13. The molecule has 1 aromatic rings. The van der Waals surface area contributed by atoms with Crippen molar-refractivity contribution in [3.8, 4) is 5.75 Å². The van der Waals surface area contributed by atoms with E-state index < -0.39 is 0 Å². The Morgan fingerprint density at radius 3 is 2.87 bits per heavy atom. The number of aryl methyl sites for hydroxylation is 1. The zero-order valence-electron chi connectivity index (χ0n) is 9.13. The van der Waals surface area contributed by atoms with Crippen molar-refractivity contribution in [1.29, 1.82) is 0 Å². The summed E-state index contributed by atoms with van der Waals surface area (Å²) in [5.74, 6) is 1.00. The van der Waals surface area contributed by atoms with Crippen molar-refractivity contribution in [2.75, 3.05) is 6.61 Å². The molecular formula is C13H17FO. The average Bonchev–Trinajstić information content (AvgIpc) is 3.05. The van der Waals surface area contributed by atoms with Crippen LogP contribution in [0.2, 0.25) is 0 Å². The molecule has 0 radical (unpaired) electrons. The van der Waals surface area contributed by atoms with Gasteiger partial charge in [0.25, 0.3) is 0 Å². The highest BCUT2D eigenvalue weighted by Gasteiger charge is 2.20. The van der Waals surface area contributed by atoms with Crippen molar-refractivity contribution >= 4 is 0 Å². The molecule has 0 aliphatic heterocycles. The van der Waals surface area contributed by atoms with Gasteiger partial charge in [0.05, 0.1) is 6.61 Å². The Morgan fingerprint density at radius 1 is 1.40 bits per heavy atom. The summed E-state index contributed by atoms with van der Waals surface area (Å²) in [5, 5.41) is 0. The Hall–Kier alpha value is -1.05. The van der Waals surface area contributed by atoms with Crippen LogP contribution in [0.5, 0.6) is 5.75 Å². The Bertz CT molecular complexity index is 331. The van der Waals surface area contributed by atoms with Crippen molar-refractivity contribution in [3.05, 3.63) is 29.6 Å². The maximum absolute atomic E-state index is 13.3. The predicted octanol–water partition coefficient (Wildman–Crippen LogP) is 3.57. The van der Waals surface area contributed by atoms with Gasteiger partial charge in [-0.2, -0.15) is 0 Å². The van der Waals surface area contributed by atoms with Crippen LogP contribution in [0, 0.1) is 11.7 Å². The highest BCUT2D eigenvalue weighted by Crippen LogP contribution is 2.32. The van der Waals surface area contributed by atoms with Gasteiger partial charge in [-0.15, -0.1) is 0 Å². The lowest BCUT2D eigenvalue weighted by atomic mass is 10.1. The first-order valence-electron chi connectivity index (χ1n) is 5.71. The normalized spacial score (nSPS) is 15.3. The van der Waals surface area contributed by atoms with Gasteiger partial charge in [-0.1, -0.05) is 25.8 Å². The summed E-state index contributed by atoms with van der Waals surface area (Å²) in [6, 6.07) is 5.11. The van der Waals surface area contributed by atoms with Crippen molar-refractivity contribution < 1.29 is 9.13 Å². The molecule has 0 atom stereocenters. The van der Waals surface area contributed by atoms with Crippen LogP contribution in [0.4, 0.5) is 4.39 Å². The molecule has 1 saturated carbocycles. The third-order valence-corrected chi connectivity index (χ3v) is 2.88. The number of hydrogen-bond donors (Lipinski definition) is 0. The van der Waals surface area contributed by atoms with Crippen LogP contribution in [0.15, 0.2) is 18.2 Å². The SMILES string of the molecule is CCc1ccc(F)c(OCCC2CC2)c1. The Labute approximate surface area is 90.3 Å². The maximum Gasteiger partial charge on any atom is 0.165 e. The molecule has 0 saturated heterocycles. The summed E-state index contributed by atoms with van der Waals surface area (Å²) >= 11 is 0. The van der Waals surface area contributed by atoms with E-state index in [-0.39, 0.29) is 5.82 Å². The summed E-state index contributed by atoms with van der Waals surface area (Å²) in [4.78, 5) is 0. The molecule has 0 amide bonds. The third kappa shape index (κ3) is 2.95. The molecule has 1 aliphatic carbocycles. The van der Waals surface area contributed by atoms with Gasteiger partial charge in [0.1, 0.15) is 0 Å². The topological polar surface area (TPSA) is 9.23 Å². The van der Waals surface area contributed by atoms with Crippen LogP contribution in [-0.4, -0.2) is 6.61 Å². The fraction of sp³-hybridized carbons (Fsp3) is 0.538. The quantitative estimate of drug-likeness (QED) is 0.718. The van der Waals surface area contributed by atoms with E-state index in [0.29, 0.717) is 12.4 Å². The second-order valence-corrected chi connectivity index (χ2v) is 4.20. The molecule has 0 aromatic heterocycles. The third-order valence-electron chi connectivity index (χ3n) is 2.88. The lowest BCUT2D eigenvalue weighted by Crippen LogP contribution is -2.00. The summed E-state index contributed by atoms with van der Waals surface area (Å²) < 4.78 is 18.8. The van der Waals surface area contributed by atoms with Crippen LogP contribution in [0.3, 0.4) is 0 Å². The van der Waals surface area contributed by atoms with Gasteiger partial charge in [0, 0.05) is 0 Å². The predicted molar refractivity (Wildman–Crippen MR) is 58.6 cm³/mol. The van der Waals surface area contributed by atoms with Gasteiger partial charge in [-0.3, -0.25) is 0 Å². The molecule has 1 aromatic carbocycles. The smallest absolute Gasteiger partial charge is 0.165 e. The Morgan fingerprint density at radius 2 is 2.20 bits per heavy atom. The molecule has 1 nitrogen and oxygen atoms in total. The minimum Gasteiger partial charge on any atom is -0.490 e. The molecule has 0 spiro atoms. The van der Waals surface area contributed by atoms with Gasteiger partial charge >= 0.3 is 0 Å². The molecule has 82 valence electrons. The van der Waals surface area contributed by atoms with E-state index in [0.717, 1.165) is 24.3 Å². The average molecular weight is 208 g/mol. The number of ether oxygens (including phenoxy) is 1. The van der Waals surface area contributed by atoms with E-state index in [9.17, 15) is 4.39 Å². The van der Waals surface area contributed by atoms with Crippen LogP contribution < -0.4 is 4.74 Å². The van der Waals surface area contributed by atoms with E-state index in [4.69, 9.17) is 4.74 Å². The molecule has 1 aliphatic rings. The maximum atomic E-state index is 13.3. The molecule has 0 unspecified atom stereocenters. The molecule has 0 N–H and O–H groups in total. The summed E-state index contributed by atoms with van der Waals surface area (Å²) in [6.45, 7) is 2.70. The van der Waals surface area contributed by atoms with E-state index in [1.807, 2.05) is 12.1 Å². The highest BCUT2D eigenvalue weighted by molar-refractivity contribution is 5.30. The molecule has 1 fully saturated rings. The first-order valence-corrected chi connectivity index (χ1v) is 5.71. The number of halogens is 1. The van der Waals surface area contributed by atoms with Crippen molar-refractivity contribution in [2.24, 2.45) is 5.92 Å². The zero-order chi connectivity index (χ0) is 10.7. The standard InChI is InChI=1S/C13H17FO/c1-2-10-5-6-12(14)13(9-10)15-8-7-11-3-4-11/h5-6,9,11H,2-4,7-8H2,1H3. The minimum absolute atomic E-state index is 0.247. The molecule has 0 bridgehead atoms. The molecule has 15 heavy (non-hydrogen) atoms. The van der Waals surface area contributed by atoms with Crippen LogP contribution in [-0.2, 0) is 6.42 Å². The minimum atomic E-state index is -0.247. The lowest BCUT2D eigenvalue weighted by Gasteiger charge is -2.08. The number of hydrogen-bond acceptors (Lipinski definition) is 1. The van der Waals surface area contributed by atoms with Gasteiger partial charge in [-0.05, 0) is 36.5 Å². The van der Waals surface area contributed by atoms with E-state index in [1.165, 1.54) is 18.9 Å². The first kappa shape index (κ1) is 10.5. The van der Waals surface area contributed by atoms with Crippen LogP contribution in [0.25, 0.3) is 0 Å². The fourth-order valence-corrected chi connectivity index (χ4v) is 1.62. The van der Waals surface area contributed by atoms with Gasteiger partial charge in [-0.25, -0.2) is 4.39 Å². The molecule has 2 rings (SSSR count).